The first-order valence-electron chi connectivity index (χ1n) is 12.2. The Balaban J connectivity index is 1.53. The third-order valence-electron chi connectivity index (χ3n) is 7.99. The number of cyclic esters (lactones) is 1. The second-order valence-electron chi connectivity index (χ2n) is 9.74. The number of aryl methyl sites for hydroxylation is 1. The van der Waals surface area contributed by atoms with Crippen molar-refractivity contribution < 1.29 is 28.9 Å². The highest BCUT2D eigenvalue weighted by Crippen LogP contribution is 2.50. The van der Waals surface area contributed by atoms with Crippen LogP contribution in [0.3, 0.4) is 0 Å². The third kappa shape index (κ3) is 2.78. The van der Waals surface area contributed by atoms with Crippen molar-refractivity contribution in [1.29, 1.82) is 0 Å². The highest BCUT2D eigenvalue weighted by Gasteiger charge is 2.46. The summed E-state index contributed by atoms with van der Waals surface area (Å²) in [6.45, 7) is 5.42. The maximum absolute atomic E-state index is 13.6. The van der Waals surface area contributed by atoms with Crippen molar-refractivity contribution in [2.45, 2.75) is 51.0 Å². The molecule has 0 fully saturated rings. The van der Waals surface area contributed by atoms with Crippen molar-refractivity contribution >= 4 is 22.8 Å². The van der Waals surface area contributed by atoms with E-state index >= 15 is 0 Å². The molecule has 0 unspecified atom stereocenters. The van der Waals surface area contributed by atoms with E-state index in [1.807, 2.05) is 6.07 Å². The molecule has 10 heteroatoms. The molecule has 1 amide bonds. The van der Waals surface area contributed by atoms with Gasteiger partial charge in [-0.25, -0.2) is 9.78 Å². The lowest BCUT2D eigenvalue weighted by Gasteiger charge is -2.31. The van der Waals surface area contributed by atoms with Crippen LogP contribution in [-0.2, 0) is 39.5 Å². The smallest absolute Gasteiger partial charge is 0.343 e. The second kappa shape index (κ2) is 7.42. The number of pyridine rings is 2. The number of hydrogen-bond acceptors (Lipinski definition) is 8. The standard InChI is InChI=1S/C27H23N3O7/c1-3-20(31)28-16-6-5-12-21-17(8-19-24(12)37-11-36-19)29-23-13(22(16)21)9-30-18(23)7-15-14(25(30)32)10-35-26(33)27(15,34)4-2/h3,7-8,16,34H,1,4-6,9-11H2,2H3,(H,28,31)/t16-,27-/m0/s1. The Morgan fingerprint density at radius 1 is 1.27 bits per heavy atom. The van der Waals surface area contributed by atoms with Crippen molar-refractivity contribution in [3.8, 4) is 22.9 Å². The molecular weight excluding hydrogens is 478 g/mol. The monoisotopic (exact) mass is 501 g/mol. The lowest BCUT2D eigenvalue weighted by molar-refractivity contribution is -0.172. The minimum Gasteiger partial charge on any atom is -0.458 e. The maximum atomic E-state index is 13.6. The summed E-state index contributed by atoms with van der Waals surface area (Å²) in [6, 6.07) is 3.18. The van der Waals surface area contributed by atoms with Gasteiger partial charge in [-0.2, -0.15) is 0 Å². The van der Waals surface area contributed by atoms with Crippen LogP contribution in [0.2, 0.25) is 0 Å². The number of fused-ring (bicyclic) bond motifs is 7. The Labute approximate surface area is 210 Å². The number of amides is 1. The van der Waals surface area contributed by atoms with Crippen LogP contribution in [0.5, 0.6) is 11.5 Å². The lowest BCUT2D eigenvalue weighted by Crippen LogP contribution is -2.44. The molecule has 0 radical (unpaired) electrons. The average molecular weight is 501 g/mol. The van der Waals surface area contributed by atoms with Crippen LogP contribution in [-0.4, -0.2) is 33.3 Å². The molecule has 7 rings (SSSR count). The molecular formula is C27H23N3O7. The van der Waals surface area contributed by atoms with Crippen molar-refractivity contribution in [3.63, 3.8) is 0 Å². The minimum absolute atomic E-state index is 0.0630. The molecule has 4 aliphatic rings. The Morgan fingerprint density at radius 2 is 2.11 bits per heavy atom. The number of rotatable bonds is 3. The van der Waals surface area contributed by atoms with Crippen molar-refractivity contribution in [3.05, 3.63) is 63.0 Å². The van der Waals surface area contributed by atoms with Gasteiger partial charge in [0.25, 0.3) is 5.56 Å². The number of benzene rings is 1. The van der Waals surface area contributed by atoms with Gasteiger partial charge in [-0.15, -0.1) is 0 Å². The van der Waals surface area contributed by atoms with Crippen molar-refractivity contribution in [1.82, 2.24) is 14.9 Å². The Morgan fingerprint density at radius 3 is 2.89 bits per heavy atom. The summed E-state index contributed by atoms with van der Waals surface area (Å²) in [5, 5.41) is 15.1. The number of aliphatic hydroxyl groups is 1. The predicted molar refractivity (Wildman–Crippen MR) is 130 cm³/mol. The molecule has 0 bridgehead atoms. The molecule has 37 heavy (non-hydrogen) atoms. The van der Waals surface area contributed by atoms with Crippen LogP contribution in [0.25, 0.3) is 22.3 Å². The molecule has 2 N–H and O–H groups in total. The van der Waals surface area contributed by atoms with Gasteiger partial charge in [0.1, 0.15) is 6.61 Å². The second-order valence-corrected chi connectivity index (χ2v) is 9.74. The third-order valence-corrected chi connectivity index (χ3v) is 7.99. The van der Waals surface area contributed by atoms with E-state index in [0.29, 0.717) is 41.2 Å². The number of nitrogens with zero attached hydrogens (tertiary/aromatic N) is 2. The van der Waals surface area contributed by atoms with Gasteiger partial charge >= 0.3 is 5.97 Å². The van der Waals surface area contributed by atoms with Crippen LogP contribution < -0.4 is 20.3 Å². The highest BCUT2D eigenvalue weighted by molar-refractivity contribution is 5.96. The number of carbonyl (C=O) groups excluding carboxylic acids is 2. The summed E-state index contributed by atoms with van der Waals surface area (Å²) in [4.78, 5) is 43.5. The van der Waals surface area contributed by atoms with Gasteiger partial charge in [0.05, 0.1) is 35.1 Å². The van der Waals surface area contributed by atoms with E-state index in [-0.39, 0.29) is 55.0 Å². The molecule has 3 aromatic rings. The van der Waals surface area contributed by atoms with Crippen molar-refractivity contribution in [2.24, 2.45) is 0 Å². The zero-order valence-electron chi connectivity index (χ0n) is 20.1. The van der Waals surface area contributed by atoms with Crippen molar-refractivity contribution in [2.75, 3.05) is 6.79 Å². The first-order valence-corrected chi connectivity index (χ1v) is 12.2. The van der Waals surface area contributed by atoms with Gasteiger partial charge in [-0.1, -0.05) is 13.5 Å². The molecule has 2 atom stereocenters. The van der Waals surface area contributed by atoms with Gasteiger partial charge < -0.3 is 29.2 Å². The van der Waals surface area contributed by atoms with E-state index in [4.69, 9.17) is 19.2 Å². The van der Waals surface area contributed by atoms with Crippen LogP contribution in [0.1, 0.15) is 53.6 Å². The van der Waals surface area contributed by atoms with E-state index in [2.05, 4.69) is 11.9 Å². The molecule has 3 aliphatic heterocycles. The van der Waals surface area contributed by atoms with Crippen LogP contribution >= 0.6 is 0 Å². The van der Waals surface area contributed by atoms with E-state index < -0.39 is 11.6 Å². The van der Waals surface area contributed by atoms with E-state index in [9.17, 15) is 19.5 Å². The zero-order chi connectivity index (χ0) is 25.6. The zero-order valence-corrected chi connectivity index (χ0v) is 20.1. The summed E-state index contributed by atoms with van der Waals surface area (Å²) in [6.07, 6.45) is 2.58. The Kier molecular flexibility index (Phi) is 4.42. The molecule has 0 saturated heterocycles. The maximum Gasteiger partial charge on any atom is 0.343 e. The topological polar surface area (TPSA) is 129 Å². The van der Waals surface area contributed by atoms with E-state index in [1.165, 1.54) is 6.08 Å². The number of esters is 1. The average Bonchev–Trinajstić information content (AvgIpc) is 3.52. The van der Waals surface area contributed by atoms with Crippen LogP contribution in [0.15, 0.2) is 29.6 Å². The minimum atomic E-state index is -1.91. The normalized spacial score (nSPS) is 22.2. The molecule has 0 saturated carbocycles. The molecule has 10 nitrogen and oxygen atoms in total. The van der Waals surface area contributed by atoms with Gasteiger partial charge in [-0.05, 0) is 37.0 Å². The van der Waals surface area contributed by atoms with Gasteiger partial charge in [0.15, 0.2) is 17.1 Å². The van der Waals surface area contributed by atoms with Gasteiger partial charge in [0, 0.05) is 28.1 Å². The highest BCUT2D eigenvalue weighted by atomic mass is 16.7. The Bertz CT molecular complexity index is 1660. The summed E-state index contributed by atoms with van der Waals surface area (Å²) >= 11 is 0. The van der Waals surface area contributed by atoms with Crippen LogP contribution in [0.4, 0.5) is 0 Å². The molecule has 0 spiro atoms. The van der Waals surface area contributed by atoms with Crippen LogP contribution in [0, 0.1) is 0 Å². The quantitative estimate of drug-likeness (QED) is 0.323. The number of hydrogen-bond donors (Lipinski definition) is 2. The summed E-state index contributed by atoms with van der Waals surface area (Å²) < 4.78 is 18.2. The summed E-state index contributed by atoms with van der Waals surface area (Å²) in [5.41, 5.74) is 2.69. The Hall–Kier alpha value is -4.18. The fourth-order valence-electron chi connectivity index (χ4n) is 6.17. The summed E-state index contributed by atoms with van der Waals surface area (Å²) in [7, 11) is 0. The first kappa shape index (κ1) is 22.1. The lowest BCUT2D eigenvalue weighted by atomic mass is 9.82. The summed E-state index contributed by atoms with van der Waals surface area (Å²) in [5.74, 6) is 0.241. The molecule has 5 heterocycles. The SMILES string of the molecule is C=CC(=O)N[C@H]1CCc2c3c(cc4nc5c(c1c24)Cn1c-5cc2c(c1=O)COC(=O)[C@]2(O)CC)OCO3. The van der Waals surface area contributed by atoms with Gasteiger partial charge in [0.2, 0.25) is 12.7 Å². The number of carbonyl (C=O) groups is 2. The molecule has 1 aliphatic carbocycles. The predicted octanol–water partition coefficient (Wildman–Crippen LogP) is 2.10. The van der Waals surface area contributed by atoms with Gasteiger partial charge in [-0.3, -0.25) is 9.59 Å². The number of nitrogens with one attached hydrogen (secondary N) is 1. The first-order chi connectivity index (χ1) is 17.9. The fourth-order valence-corrected chi connectivity index (χ4v) is 6.17. The fraction of sp³-hybridized carbons (Fsp3) is 0.333. The largest absolute Gasteiger partial charge is 0.458 e. The molecule has 188 valence electrons. The number of aromatic nitrogens is 2. The number of ether oxygens (including phenoxy) is 3. The van der Waals surface area contributed by atoms with E-state index in [0.717, 1.165) is 22.1 Å². The molecule has 2 aromatic heterocycles. The molecule has 1 aromatic carbocycles. The van der Waals surface area contributed by atoms with E-state index in [1.54, 1.807) is 17.6 Å².